The summed E-state index contributed by atoms with van der Waals surface area (Å²) in [6, 6.07) is 5.33. The summed E-state index contributed by atoms with van der Waals surface area (Å²) in [5.74, 6) is -0.0600. The molecule has 0 bridgehead atoms. The first-order valence-corrected chi connectivity index (χ1v) is 7.48. The van der Waals surface area contributed by atoms with Crippen molar-refractivity contribution in [2.75, 3.05) is 6.61 Å². The molecule has 4 nitrogen and oxygen atoms in total. The minimum Gasteiger partial charge on any atom is -0.492 e. The third-order valence-electron chi connectivity index (χ3n) is 3.15. The van der Waals surface area contributed by atoms with Crippen molar-refractivity contribution in [2.24, 2.45) is 11.1 Å². The number of aliphatic carboxylic acids is 1. The number of halogens is 1. The van der Waals surface area contributed by atoms with Crippen molar-refractivity contribution in [3.8, 4) is 5.75 Å². The number of rotatable bonds is 7. The van der Waals surface area contributed by atoms with Crippen LogP contribution in [0.5, 0.6) is 5.75 Å². The van der Waals surface area contributed by atoms with Gasteiger partial charge >= 0.3 is 5.97 Å². The second kappa shape index (κ2) is 7.09. The van der Waals surface area contributed by atoms with Gasteiger partial charge in [0.15, 0.2) is 0 Å². The molecule has 0 heterocycles. The summed E-state index contributed by atoms with van der Waals surface area (Å²) in [6.45, 7) is 6.08. The molecular weight excluding hydrogens is 322 g/mol. The van der Waals surface area contributed by atoms with Gasteiger partial charge < -0.3 is 15.6 Å². The van der Waals surface area contributed by atoms with E-state index in [1.807, 2.05) is 25.1 Å². The minimum atomic E-state index is -0.844. The van der Waals surface area contributed by atoms with E-state index in [0.717, 1.165) is 22.2 Å². The van der Waals surface area contributed by atoms with Gasteiger partial charge in [0.25, 0.3) is 0 Å². The van der Waals surface area contributed by atoms with Gasteiger partial charge in [-0.3, -0.25) is 4.79 Å². The molecule has 0 saturated heterocycles. The highest BCUT2D eigenvalue weighted by atomic mass is 79.9. The van der Waals surface area contributed by atoms with E-state index in [-0.39, 0.29) is 6.04 Å². The Balaban J connectivity index is 2.82. The maximum atomic E-state index is 11.1. The first-order valence-electron chi connectivity index (χ1n) is 6.69. The van der Waals surface area contributed by atoms with Crippen LogP contribution in [-0.4, -0.2) is 17.7 Å². The van der Waals surface area contributed by atoms with E-state index in [1.165, 1.54) is 0 Å². The summed E-state index contributed by atoms with van der Waals surface area (Å²) < 4.78 is 6.42. The lowest BCUT2D eigenvalue weighted by Gasteiger charge is -2.24. The Morgan fingerprint density at radius 1 is 1.50 bits per heavy atom. The fraction of sp³-hybridized carbons (Fsp3) is 0.533. The fourth-order valence-electron chi connectivity index (χ4n) is 1.83. The summed E-state index contributed by atoms with van der Waals surface area (Å²) >= 11 is 3.46. The number of nitrogens with two attached hydrogens (primary N) is 1. The Labute approximate surface area is 128 Å². The molecule has 0 spiro atoms. The van der Waals surface area contributed by atoms with E-state index in [9.17, 15) is 4.79 Å². The van der Waals surface area contributed by atoms with Crippen molar-refractivity contribution < 1.29 is 14.6 Å². The third kappa shape index (κ3) is 4.49. The molecule has 1 aromatic rings. The van der Waals surface area contributed by atoms with Crippen LogP contribution < -0.4 is 10.5 Å². The van der Waals surface area contributed by atoms with E-state index in [0.29, 0.717) is 13.0 Å². The summed E-state index contributed by atoms with van der Waals surface area (Å²) in [5, 5.41) is 9.15. The Kier molecular flexibility index (Phi) is 6.02. The standard InChI is InChI=1S/C15H22BrNO3/c1-4-7-20-13-6-5-10(8-11(13)16)12(17)9-15(2,3)14(18)19/h5-6,8,12H,4,7,9,17H2,1-3H3,(H,18,19). The molecule has 0 aliphatic carbocycles. The number of carboxylic acids is 1. The molecule has 0 radical (unpaired) electrons. The molecule has 0 aliphatic heterocycles. The van der Waals surface area contributed by atoms with Crippen LogP contribution in [0, 0.1) is 5.41 Å². The van der Waals surface area contributed by atoms with Gasteiger partial charge in [0.2, 0.25) is 0 Å². The molecule has 1 unspecified atom stereocenters. The van der Waals surface area contributed by atoms with Crippen molar-refractivity contribution >= 4 is 21.9 Å². The van der Waals surface area contributed by atoms with E-state index in [4.69, 9.17) is 15.6 Å². The molecule has 0 saturated carbocycles. The summed E-state index contributed by atoms with van der Waals surface area (Å²) in [7, 11) is 0. The van der Waals surface area contributed by atoms with E-state index < -0.39 is 11.4 Å². The van der Waals surface area contributed by atoms with Gasteiger partial charge in [-0.15, -0.1) is 0 Å². The van der Waals surface area contributed by atoms with Crippen molar-refractivity contribution in [2.45, 2.75) is 39.7 Å². The summed E-state index contributed by atoms with van der Waals surface area (Å²) in [5.41, 5.74) is 6.17. The van der Waals surface area contributed by atoms with Gasteiger partial charge in [-0.2, -0.15) is 0 Å². The highest BCUT2D eigenvalue weighted by molar-refractivity contribution is 9.10. The average Bonchev–Trinajstić information content (AvgIpc) is 2.36. The lowest BCUT2D eigenvalue weighted by Crippen LogP contribution is -2.28. The molecular formula is C15H22BrNO3. The van der Waals surface area contributed by atoms with Crippen LogP contribution in [0.1, 0.15) is 45.2 Å². The SMILES string of the molecule is CCCOc1ccc(C(N)CC(C)(C)C(=O)O)cc1Br. The normalized spacial score (nSPS) is 13.1. The van der Waals surface area contributed by atoms with E-state index in [1.54, 1.807) is 13.8 Å². The summed E-state index contributed by atoms with van der Waals surface area (Å²) in [4.78, 5) is 11.1. The van der Waals surface area contributed by atoms with Gasteiger partial charge in [0, 0.05) is 6.04 Å². The van der Waals surface area contributed by atoms with Crippen molar-refractivity contribution in [1.29, 1.82) is 0 Å². The molecule has 1 aromatic carbocycles. The second-order valence-electron chi connectivity index (χ2n) is 5.54. The number of benzene rings is 1. The highest BCUT2D eigenvalue weighted by Crippen LogP contribution is 2.33. The molecule has 1 rings (SSSR count). The van der Waals surface area contributed by atoms with Crippen LogP contribution in [0.3, 0.4) is 0 Å². The molecule has 0 aromatic heterocycles. The Bertz CT molecular complexity index is 474. The van der Waals surface area contributed by atoms with Gasteiger partial charge in [0.1, 0.15) is 5.75 Å². The van der Waals surface area contributed by atoms with E-state index >= 15 is 0 Å². The predicted octanol–water partition coefficient (Wildman–Crippen LogP) is 3.74. The Hall–Kier alpha value is -1.07. The number of hydrogen-bond acceptors (Lipinski definition) is 3. The van der Waals surface area contributed by atoms with Crippen molar-refractivity contribution in [3.63, 3.8) is 0 Å². The second-order valence-corrected chi connectivity index (χ2v) is 6.39. The lowest BCUT2D eigenvalue weighted by molar-refractivity contribution is -0.147. The van der Waals surface area contributed by atoms with Crippen LogP contribution in [0.4, 0.5) is 0 Å². The minimum absolute atomic E-state index is 0.322. The number of carbonyl (C=O) groups is 1. The molecule has 0 amide bonds. The lowest BCUT2D eigenvalue weighted by atomic mass is 9.84. The van der Waals surface area contributed by atoms with Gasteiger partial charge in [-0.25, -0.2) is 0 Å². The quantitative estimate of drug-likeness (QED) is 0.790. The summed E-state index contributed by atoms with van der Waals surface area (Å²) in [6.07, 6.45) is 1.32. The predicted molar refractivity (Wildman–Crippen MR) is 82.9 cm³/mol. The zero-order valence-corrected chi connectivity index (χ0v) is 13.7. The molecule has 1 atom stereocenters. The zero-order chi connectivity index (χ0) is 15.3. The van der Waals surface area contributed by atoms with Crippen LogP contribution in [0.15, 0.2) is 22.7 Å². The van der Waals surface area contributed by atoms with Crippen LogP contribution in [0.2, 0.25) is 0 Å². The topological polar surface area (TPSA) is 72.5 Å². The maximum Gasteiger partial charge on any atom is 0.309 e. The van der Waals surface area contributed by atoms with Crippen LogP contribution in [-0.2, 0) is 4.79 Å². The zero-order valence-electron chi connectivity index (χ0n) is 12.1. The molecule has 5 heteroatoms. The highest BCUT2D eigenvalue weighted by Gasteiger charge is 2.30. The Morgan fingerprint density at radius 2 is 2.15 bits per heavy atom. The molecule has 3 N–H and O–H groups in total. The molecule has 20 heavy (non-hydrogen) atoms. The van der Waals surface area contributed by atoms with Gasteiger partial charge in [-0.1, -0.05) is 13.0 Å². The first kappa shape index (κ1) is 17.0. The molecule has 0 aliphatic rings. The van der Waals surface area contributed by atoms with Crippen LogP contribution >= 0.6 is 15.9 Å². The van der Waals surface area contributed by atoms with Gasteiger partial charge in [-0.05, 0) is 60.3 Å². The maximum absolute atomic E-state index is 11.1. The van der Waals surface area contributed by atoms with E-state index in [2.05, 4.69) is 15.9 Å². The molecule has 0 fully saturated rings. The first-order chi connectivity index (χ1) is 9.27. The van der Waals surface area contributed by atoms with Crippen LogP contribution in [0.25, 0.3) is 0 Å². The Morgan fingerprint density at radius 3 is 2.65 bits per heavy atom. The smallest absolute Gasteiger partial charge is 0.309 e. The number of ether oxygens (including phenoxy) is 1. The average molecular weight is 344 g/mol. The number of hydrogen-bond donors (Lipinski definition) is 2. The van der Waals surface area contributed by atoms with Crippen molar-refractivity contribution in [3.05, 3.63) is 28.2 Å². The largest absolute Gasteiger partial charge is 0.492 e. The third-order valence-corrected chi connectivity index (χ3v) is 3.77. The van der Waals surface area contributed by atoms with Gasteiger partial charge in [0.05, 0.1) is 16.5 Å². The number of carboxylic acid groups (broad SMARTS) is 1. The monoisotopic (exact) mass is 343 g/mol. The molecule has 112 valence electrons. The van der Waals surface area contributed by atoms with Crippen molar-refractivity contribution in [1.82, 2.24) is 0 Å². The fourth-order valence-corrected chi connectivity index (χ4v) is 2.34.